The Labute approximate surface area is 194 Å². The summed E-state index contributed by atoms with van der Waals surface area (Å²) in [5.74, 6) is 1.32. The van der Waals surface area contributed by atoms with Gasteiger partial charge in [-0.3, -0.25) is 9.69 Å². The lowest BCUT2D eigenvalue weighted by atomic mass is 10.2. The Morgan fingerprint density at radius 3 is 2.15 bits per heavy atom. The number of anilines is 2. The molecule has 33 heavy (non-hydrogen) atoms. The summed E-state index contributed by atoms with van der Waals surface area (Å²) in [7, 11) is 4.46. The van der Waals surface area contributed by atoms with E-state index in [4.69, 9.17) is 25.8 Å². The SMILES string of the molecule is COc1cc(NC(=O)CN2CCN(c3ncc(C(F)(F)F)cc3Cl)CC2)cc(OC)c1OC. The highest BCUT2D eigenvalue weighted by molar-refractivity contribution is 6.33. The van der Waals surface area contributed by atoms with Gasteiger partial charge in [0.05, 0.1) is 38.5 Å². The molecule has 1 N–H and O–H groups in total. The van der Waals surface area contributed by atoms with E-state index in [0.29, 0.717) is 54.9 Å². The minimum Gasteiger partial charge on any atom is -0.493 e. The summed E-state index contributed by atoms with van der Waals surface area (Å²) in [5, 5.41) is 2.76. The molecule has 0 spiro atoms. The molecule has 1 amide bonds. The first-order valence-electron chi connectivity index (χ1n) is 9.96. The lowest BCUT2D eigenvalue weighted by molar-refractivity contribution is -0.137. The van der Waals surface area contributed by atoms with E-state index in [1.165, 1.54) is 21.3 Å². The van der Waals surface area contributed by atoms with Crippen LogP contribution in [-0.2, 0) is 11.0 Å². The van der Waals surface area contributed by atoms with Gasteiger partial charge in [0.25, 0.3) is 0 Å². The summed E-state index contributed by atoms with van der Waals surface area (Å²) in [6, 6.07) is 4.14. The van der Waals surface area contributed by atoms with E-state index in [2.05, 4.69) is 10.3 Å². The highest BCUT2D eigenvalue weighted by atomic mass is 35.5. The molecule has 2 aromatic rings. The maximum atomic E-state index is 12.8. The first kappa shape index (κ1) is 24.7. The number of nitrogens with zero attached hydrogens (tertiary/aromatic N) is 3. The van der Waals surface area contributed by atoms with Crippen molar-refractivity contribution in [3.05, 3.63) is 35.0 Å². The average molecular weight is 489 g/mol. The summed E-state index contributed by atoms with van der Waals surface area (Å²) in [6.07, 6.45) is -3.72. The number of carbonyl (C=O) groups excluding carboxylic acids is 1. The predicted molar refractivity (Wildman–Crippen MR) is 118 cm³/mol. The molecule has 180 valence electrons. The molecule has 1 aromatic carbocycles. The largest absolute Gasteiger partial charge is 0.493 e. The molecule has 0 aliphatic carbocycles. The Bertz CT molecular complexity index is 973. The molecule has 0 atom stereocenters. The van der Waals surface area contributed by atoms with Crippen LogP contribution in [0.4, 0.5) is 24.7 Å². The third kappa shape index (κ3) is 5.91. The van der Waals surface area contributed by atoms with Crippen LogP contribution >= 0.6 is 11.6 Å². The van der Waals surface area contributed by atoms with Crippen LogP contribution in [0.5, 0.6) is 17.2 Å². The Morgan fingerprint density at radius 1 is 1.06 bits per heavy atom. The van der Waals surface area contributed by atoms with Crippen molar-refractivity contribution in [2.45, 2.75) is 6.18 Å². The number of halogens is 4. The van der Waals surface area contributed by atoms with Gasteiger partial charge in [-0.1, -0.05) is 11.6 Å². The Hall–Kier alpha value is -2.92. The number of carbonyl (C=O) groups is 1. The van der Waals surface area contributed by atoms with Crippen LogP contribution in [-0.4, -0.2) is 69.8 Å². The van der Waals surface area contributed by atoms with E-state index in [-0.39, 0.29) is 17.5 Å². The van der Waals surface area contributed by atoms with Crippen molar-refractivity contribution in [1.29, 1.82) is 0 Å². The van der Waals surface area contributed by atoms with Crippen LogP contribution in [0, 0.1) is 0 Å². The lowest BCUT2D eigenvalue weighted by Gasteiger charge is -2.35. The fraction of sp³-hybridized carbons (Fsp3) is 0.429. The number of pyridine rings is 1. The van der Waals surface area contributed by atoms with Crippen molar-refractivity contribution in [2.24, 2.45) is 0 Å². The molecule has 0 bridgehead atoms. The van der Waals surface area contributed by atoms with Gasteiger partial charge in [0.1, 0.15) is 5.82 Å². The standard InChI is InChI=1S/C21H24ClF3N4O4/c1-31-16-9-14(10-17(32-2)19(16)33-3)27-18(30)12-28-4-6-29(7-5-28)20-15(22)8-13(11-26-20)21(23,24)25/h8-11H,4-7,12H2,1-3H3,(H,27,30). The highest BCUT2D eigenvalue weighted by Crippen LogP contribution is 2.40. The van der Waals surface area contributed by atoms with Gasteiger partial charge in [-0.15, -0.1) is 0 Å². The van der Waals surface area contributed by atoms with E-state index in [9.17, 15) is 18.0 Å². The second-order valence-electron chi connectivity index (χ2n) is 7.25. The number of hydrogen-bond acceptors (Lipinski definition) is 7. The van der Waals surface area contributed by atoms with Crippen LogP contribution in [0.3, 0.4) is 0 Å². The predicted octanol–water partition coefficient (Wildman–Crippen LogP) is 3.54. The summed E-state index contributed by atoms with van der Waals surface area (Å²) < 4.78 is 54.3. The fourth-order valence-corrected chi connectivity index (χ4v) is 3.78. The number of rotatable bonds is 7. The first-order valence-corrected chi connectivity index (χ1v) is 10.3. The van der Waals surface area contributed by atoms with Crippen LogP contribution in [0.25, 0.3) is 0 Å². The molecule has 1 fully saturated rings. The number of aromatic nitrogens is 1. The summed E-state index contributed by atoms with van der Waals surface area (Å²) in [6.45, 7) is 2.10. The fourth-order valence-electron chi connectivity index (χ4n) is 3.49. The second kappa shape index (κ2) is 10.3. The minimum atomic E-state index is -4.50. The monoisotopic (exact) mass is 488 g/mol. The molecular weight excluding hydrogens is 465 g/mol. The van der Waals surface area contributed by atoms with Gasteiger partial charge in [-0.05, 0) is 6.07 Å². The van der Waals surface area contributed by atoms with Gasteiger partial charge in [0.15, 0.2) is 11.5 Å². The van der Waals surface area contributed by atoms with Crippen LogP contribution in [0.2, 0.25) is 5.02 Å². The smallest absolute Gasteiger partial charge is 0.417 e. The maximum Gasteiger partial charge on any atom is 0.417 e. The summed E-state index contributed by atoms with van der Waals surface area (Å²) >= 11 is 6.04. The quantitative estimate of drug-likeness (QED) is 0.639. The van der Waals surface area contributed by atoms with Crippen molar-refractivity contribution < 1.29 is 32.2 Å². The van der Waals surface area contributed by atoms with Crippen molar-refractivity contribution in [3.63, 3.8) is 0 Å². The Kier molecular flexibility index (Phi) is 7.75. The third-order valence-electron chi connectivity index (χ3n) is 5.14. The van der Waals surface area contributed by atoms with Gasteiger partial charge in [-0.2, -0.15) is 13.2 Å². The maximum absolute atomic E-state index is 12.8. The van der Waals surface area contributed by atoms with E-state index in [1.807, 2.05) is 4.90 Å². The molecule has 1 aliphatic heterocycles. The first-order chi connectivity index (χ1) is 15.7. The molecule has 8 nitrogen and oxygen atoms in total. The molecule has 0 radical (unpaired) electrons. The zero-order chi connectivity index (χ0) is 24.2. The molecule has 1 aromatic heterocycles. The normalized spacial score (nSPS) is 14.7. The Balaban J connectivity index is 1.58. The molecule has 3 rings (SSSR count). The number of benzene rings is 1. The van der Waals surface area contributed by atoms with Gasteiger partial charge >= 0.3 is 6.18 Å². The number of piperazine rings is 1. The van der Waals surface area contributed by atoms with Gasteiger partial charge in [-0.25, -0.2) is 4.98 Å². The van der Waals surface area contributed by atoms with Crippen LogP contribution in [0.1, 0.15) is 5.56 Å². The minimum absolute atomic E-state index is 0.0570. The molecule has 1 saturated heterocycles. The number of amides is 1. The van der Waals surface area contributed by atoms with Crippen LogP contribution in [0.15, 0.2) is 24.4 Å². The van der Waals surface area contributed by atoms with Gasteiger partial charge in [0, 0.05) is 50.2 Å². The third-order valence-corrected chi connectivity index (χ3v) is 5.41. The van der Waals surface area contributed by atoms with Gasteiger partial charge < -0.3 is 24.4 Å². The number of alkyl halides is 3. The second-order valence-corrected chi connectivity index (χ2v) is 7.66. The van der Waals surface area contributed by atoms with E-state index in [0.717, 1.165) is 12.3 Å². The number of hydrogen-bond donors (Lipinski definition) is 1. The molecule has 1 aliphatic rings. The van der Waals surface area contributed by atoms with Crippen LogP contribution < -0.4 is 24.4 Å². The van der Waals surface area contributed by atoms with E-state index < -0.39 is 11.7 Å². The molecule has 0 unspecified atom stereocenters. The zero-order valence-electron chi connectivity index (χ0n) is 18.3. The summed E-state index contributed by atoms with van der Waals surface area (Å²) in [4.78, 5) is 20.2. The topological polar surface area (TPSA) is 76.2 Å². The molecular formula is C21H24ClF3N4O4. The molecule has 0 saturated carbocycles. The number of methoxy groups -OCH3 is 3. The zero-order valence-corrected chi connectivity index (χ0v) is 19.1. The highest BCUT2D eigenvalue weighted by Gasteiger charge is 2.32. The van der Waals surface area contributed by atoms with Crippen molar-refractivity contribution >= 4 is 29.0 Å². The van der Waals surface area contributed by atoms with Crippen molar-refractivity contribution in [1.82, 2.24) is 9.88 Å². The molecule has 2 heterocycles. The van der Waals surface area contributed by atoms with E-state index in [1.54, 1.807) is 17.0 Å². The van der Waals surface area contributed by atoms with Gasteiger partial charge in [0.2, 0.25) is 11.7 Å². The lowest BCUT2D eigenvalue weighted by Crippen LogP contribution is -2.49. The average Bonchev–Trinajstić information content (AvgIpc) is 2.78. The van der Waals surface area contributed by atoms with Crippen molar-refractivity contribution in [2.75, 3.05) is 64.3 Å². The van der Waals surface area contributed by atoms with Crippen molar-refractivity contribution in [3.8, 4) is 17.2 Å². The summed E-state index contributed by atoms with van der Waals surface area (Å²) in [5.41, 5.74) is -0.396. The number of ether oxygens (including phenoxy) is 3. The molecule has 12 heteroatoms. The van der Waals surface area contributed by atoms with E-state index >= 15 is 0 Å². The number of nitrogens with one attached hydrogen (secondary N) is 1. The Morgan fingerprint density at radius 2 is 1.67 bits per heavy atom.